The Balaban J connectivity index is 1.08. The Labute approximate surface area is 426 Å². The van der Waals surface area contributed by atoms with Crippen molar-refractivity contribution in [3.05, 3.63) is 249 Å². The highest BCUT2D eigenvalue weighted by molar-refractivity contribution is 6.14. The smallest absolute Gasteiger partial charge is 0.131 e. The number of benzene rings is 9. The van der Waals surface area contributed by atoms with E-state index in [1.807, 2.05) is 24.5 Å². The van der Waals surface area contributed by atoms with Gasteiger partial charge in [0.05, 0.1) is 16.6 Å². The third-order valence-electron chi connectivity index (χ3n) is 15.7. The Bertz CT molecular complexity index is 4270. The van der Waals surface area contributed by atoms with Crippen LogP contribution in [0, 0.1) is 13.8 Å². The van der Waals surface area contributed by atoms with Crippen LogP contribution in [-0.4, -0.2) is 15.8 Å². The van der Waals surface area contributed by atoms with Crippen LogP contribution in [0.15, 0.2) is 199 Å². The molecule has 11 aromatic rings. The molecule has 2 heterocycles. The molecular weight excluding hydrogens is 885 g/mol. The van der Waals surface area contributed by atoms with Crippen LogP contribution in [0.25, 0.3) is 94.3 Å². The molecule has 0 spiro atoms. The summed E-state index contributed by atoms with van der Waals surface area (Å²) in [5.41, 5.74) is 26.9. The minimum Gasteiger partial charge on any atom is -0.383 e. The minimum absolute atomic E-state index is 0.0802. The molecule has 13 rings (SSSR count). The molecule has 73 heavy (non-hydrogen) atoms. The predicted octanol–water partition coefficient (Wildman–Crippen LogP) is 15.6. The largest absolute Gasteiger partial charge is 0.383 e. The highest BCUT2D eigenvalue weighted by Crippen LogP contribution is 2.48. The van der Waals surface area contributed by atoms with Crippen LogP contribution in [0.2, 0.25) is 0 Å². The number of aromatic nitrogens is 2. The summed E-state index contributed by atoms with van der Waals surface area (Å²) in [5, 5.41) is 10.8. The van der Waals surface area contributed by atoms with E-state index in [0.29, 0.717) is 5.84 Å². The lowest BCUT2D eigenvalue weighted by atomic mass is 9.80. The number of rotatable bonds is 8. The maximum absolute atomic E-state index is 7.47. The summed E-state index contributed by atoms with van der Waals surface area (Å²) in [6.07, 6.45) is 14.6. The molecule has 2 aromatic heterocycles. The number of aliphatic imine (C=N–C) groups is 1. The lowest BCUT2D eigenvalue weighted by Crippen LogP contribution is -2.32. The van der Waals surface area contributed by atoms with Crippen LogP contribution in [-0.2, 0) is 6.42 Å². The summed E-state index contributed by atoms with van der Waals surface area (Å²) in [7, 11) is 0. The van der Waals surface area contributed by atoms with E-state index >= 15 is 0 Å². The second-order valence-electron chi connectivity index (χ2n) is 20.0. The van der Waals surface area contributed by atoms with Crippen LogP contribution in [0.3, 0.4) is 0 Å². The molecule has 0 fully saturated rings. The fraction of sp³-hybridized carbons (Fsp3) is 0.116. The van der Waals surface area contributed by atoms with Crippen LogP contribution in [0.5, 0.6) is 0 Å². The van der Waals surface area contributed by atoms with Gasteiger partial charge in [0.2, 0.25) is 0 Å². The van der Waals surface area contributed by atoms with E-state index in [1.54, 1.807) is 0 Å². The molecule has 4 nitrogen and oxygen atoms in total. The average molecular weight is 939 g/mol. The van der Waals surface area contributed by atoms with Gasteiger partial charge >= 0.3 is 0 Å². The van der Waals surface area contributed by atoms with E-state index in [4.69, 9.17) is 20.7 Å². The molecule has 0 saturated carbocycles. The normalized spacial score (nSPS) is 13.8. The Morgan fingerprint density at radius 3 is 2.10 bits per heavy atom. The maximum Gasteiger partial charge on any atom is 0.131 e. The van der Waals surface area contributed by atoms with Crippen molar-refractivity contribution in [1.82, 2.24) is 9.97 Å². The van der Waals surface area contributed by atoms with Gasteiger partial charge in [0.1, 0.15) is 5.84 Å². The van der Waals surface area contributed by atoms with Gasteiger partial charge in [-0.05, 0) is 180 Å². The van der Waals surface area contributed by atoms with E-state index in [-0.39, 0.29) is 5.92 Å². The van der Waals surface area contributed by atoms with Crippen LogP contribution in [0.4, 0.5) is 5.69 Å². The lowest BCUT2D eigenvalue weighted by Gasteiger charge is -2.25. The number of aryl methyl sites for hydroxylation is 2. The van der Waals surface area contributed by atoms with Crippen LogP contribution in [0.1, 0.15) is 76.6 Å². The topological polar surface area (TPSA) is 64.2 Å². The van der Waals surface area contributed by atoms with Gasteiger partial charge < -0.3 is 5.73 Å². The number of para-hydroxylation sites is 1. The van der Waals surface area contributed by atoms with Gasteiger partial charge in [-0.3, -0.25) is 9.97 Å². The fourth-order valence-corrected chi connectivity index (χ4v) is 12.1. The monoisotopic (exact) mass is 938 g/mol. The summed E-state index contributed by atoms with van der Waals surface area (Å²) in [6.45, 7) is 6.76. The van der Waals surface area contributed by atoms with Crippen molar-refractivity contribution < 1.29 is 0 Å². The van der Waals surface area contributed by atoms with E-state index in [2.05, 4.69) is 203 Å². The Kier molecular flexibility index (Phi) is 11.0. The molecular formula is C69H54N4. The Hall–Kier alpha value is -8.73. The summed E-state index contributed by atoms with van der Waals surface area (Å²) >= 11 is 0. The van der Waals surface area contributed by atoms with Crippen molar-refractivity contribution in [2.45, 2.75) is 52.4 Å². The lowest BCUT2D eigenvalue weighted by molar-refractivity contribution is 0.910. The van der Waals surface area contributed by atoms with Crippen molar-refractivity contribution in [2.24, 2.45) is 10.7 Å². The molecule has 0 bridgehead atoms. The van der Waals surface area contributed by atoms with Gasteiger partial charge in [-0.1, -0.05) is 165 Å². The quantitative estimate of drug-likeness (QED) is 0.0938. The van der Waals surface area contributed by atoms with Crippen molar-refractivity contribution in [1.29, 1.82) is 0 Å². The highest BCUT2D eigenvalue weighted by Gasteiger charge is 2.26. The first-order valence-electron chi connectivity index (χ1n) is 25.7. The number of pyridine rings is 2. The summed E-state index contributed by atoms with van der Waals surface area (Å²) in [4.78, 5) is 15.4. The number of nitrogens with two attached hydrogens (primary N) is 1. The van der Waals surface area contributed by atoms with Gasteiger partial charge in [-0.2, -0.15) is 0 Å². The van der Waals surface area contributed by atoms with Gasteiger partial charge in [0.15, 0.2) is 0 Å². The molecule has 0 aliphatic heterocycles. The van der Waals surface area contributed by atoms with Gasteiger partial charge in [-0.15, -0.1) is 0 Å². The van der Waals surface area contributed by atoms with Crippen molar-refractivity contribution in [3.8, 4) is 33.4 Å². The molecule has 1 atom stereocenters. The Morgan fingerprint density at radius 2 is 1.25 bits per heavy atom. The standard InChI is InChI=1S/C69H54N4/c1-42-36-49(56-28-12-18-45-20-14-34-71-66(45)56)30-32-52(42)44(3)62-40-51(63-38-47-16-4-6-22-54(47)58-24-8-10-26-60(58)63)41-65(64-39-48-17-5-7-23-55(48)59-25-9-11-27-61(59)64)68(62)73-69(70)53-33-31-50(37-43(53)2)57-29-13-19-46-21-15-35-72-67(46)57/h4-10,12,14-26,28,30-41,44H,11,13,27,29H2,1-3H3,(H2,70,73). The van der Waals surface area contributed by atoms with Crippen molar-refractivity contribution >= 4 is 72.5 Å². The Morgan fingerprint density at radius 1 is 0.534 bits per heavy atom. The summed E-state index contributed by atoms with van der Waals surface area (Å²) < 4.78 is 0. The highest BCUT2D eigenvalue weighted by atomic mass is 14.9. The first kappa shape index (κ1) is 44.2. The molecule has 0 amide bonds. The number of allylic oxidation sites excluding steroid dienone is 1. The van der Waals surface area contributed by atoms with Gasteiger partial charge in [0.25, 0.3) is 0 Å². The van der Waals surface area contributed by atoms with Crippen molar-refractivity contribution in [2.75, 3.05) is 0 Å². The van der Waals surface area contributed by atoms with Gasteiger partial charge in [0, 0.05) is 40.4 Å². The van der Waals surface area contributed by atoms with Crippen molar-refractivity contribution in [3.63, 3.8) is 0 Å². The number of fused-ring (bicyclic) bond motifs is 8. The van der Waals surface area contributed by atoms with E-state index in [1.165, 1.54) is 82.1 Å². The first-order valence-corrected chi connectivity index (χ1v) is 25.7. The van der Waals surface area contributed by atoms with Crippen LogP contribution >= 0.6 is 0 Å². The zero-order chi connectivity index (χ0) is 49.2. The number of hydrogen-bond donors (Lipinski definition) is 1. The average Bonchev–Trinajstić information content (AvgIpc) is 3.44. The van der Waals surface area contributed by atoms with Gasteiger partial charge in [-0.25, -0.2) is 4.99 Å². The van der Waals surface area contributed by atoms with Crippen LogP contribution < -0.4 is 16.3 Å². The minimum atomic E-state index is -0.0802. The number of hydrogen-bond acceptors (Lipinski definition) is 3. The molecule has 0 radical (unpaired) electrons. The predicted molar refractivity (Wildman–Crippen MR) is 308 cm³/mol. The second-order valence-corrected chi connectivity index (χ2v) is 20.0. The summed E-state index contributed by atoms with van der Waals surface area (Å²) in [6, 6.07) is 64.5. The second kappa shape index (κ2) is 18.1. The third kappa shape index (κ3) is 7.73. The SMILES string of the molecule is Cc1cc(C2=c3ncccc3=CCC2)ccc1C(N)=Nc1c(-c2cc3ccccc3c3c2CCC=C3)cc(-c2cc3ccccc3c3ccccc23)cc1C(C)c1ccc(-c2cccc3cccnc23)cc1C. The van der Waals surface area contributed by atoms with E-state index < -0.39 is 0 Å². The molecule has 2 aliphatic rings. The molecule has 2 N–H and O–H groups in total. The molecule has 2 aliphatic carbocycles. The maximum atomic E-state index is 7.47. The zero-order valence-electron chi connectivity index (χ0n) is 41.5. The fourth-order valence-electron chi connectivity index (χ4n) is 12.1. The third-order valence-corrected chi connectivity index (χ3v) is 15.7. The van der Waals surface area contributed by atoms with E-state index in [9.17, 15) is 0 Å². The first-order chi connectivity index (χ1) is 35.9. The molecule has 0 saturated heterocycles. The molecule has 9 aromatic carbocycles. The summed E-state index contributed by atoms with van der Waals surface area (Å²) in [5.74, 6) is 0.414. The number of nitrogens with zero attached hydrogens (tertiary/aromatic N) is 3. The zero-order valence-corrected chi connectivity index (χ0v) is 41.5. The molecule has 350 valence electrons. The van der Waals surface area contributed by atoms with E-state index in [0.717, 1.165) is 86.6 Å². The molecule has 4 heteroatoms. The number of amidine groups is 1. The molecule has 1 unspecified atom stereocenters.